The van der Waals surface area contributed by atoms with Gasteiger partial charge in [0.15, 0.2) is 0 Å². The molecule has 19 heavy (non-hydrogen) atoms. The number of carbonyl (C=O) groups excluding carboxylic acids is 3. The number of nitrogens with one attached hydrogen (secondary N) is 1. The van der Waals surface area contributed by atoms with Crippen molar-refractivity contribution < 1.29 is 14.4 Å². The molecule has 6 nitrogen and oxygen atoms in total. The molecule has 4 amide bonds. The maximum Gasteiger partial charge on any atom is 0.318 e. The van der Waals surface area contributed by atoms with Crippen molar-refractivity contribution >= 4 is 17.8 Å². The second kappa shape index (κ2) is 6.04. The predicted octanol–water partition coefficient (Wildman–Crippen LogP) is 0.719. The van der Waals surface area contributed by atoms with Crippen LogP contribution in [0.2, 0.25) is 0 Å². The number of likely N-dealkylation sites (N-methyl/N-ethyl adjacent to an activating group) is 1. The van der Waals surface area contributed by atoms with Crippen LogP contribution in [0.1, 0.15) is 38.5 Å². The topological polar surface area (TPSA) is 69.7 Å². The van der Waals surface area contributed by atoms with Crippen LogP contribution >= 0.6 is 0 Å². The normalized spacial score (nSPS) is 25.2. The molecule has 2 fully saturated rings. The molecule has 106 valence electrons. The van der Waals surface area contributed by atoms with Crippen molar-refractivity contribution in [3.05, 3.63) is 0 Å². The minimum atomic E-state index is -0.557. The third kappa shape index (κ3) is 3.24. The molecule has 2 heterocycles. The quantitative estimate of drug-likeness (QED) is 0.712. The van der Waals surface area contributed by atoms with E-state index in [-0.39, 0.29) is 17.8 Å². The van der Waals surface area contributed by atoms with Gasteiger partial charge < -0.3 is 10.2 Å². The summed E-state index contributed by atoms with van der Waals surface area (Å²) in [6.45, 7) is 1.50. The lowest BCUT2D eigenvalue weighted by molar-refractivity contribution is -0.147. The number of carbonyl (C=O) groups is 3. The number of piperidine rings is 1. The van der Waals surface area contributed by atoms with Crippen molar-refractivity contribution in [1.29, 1.82) is 0 Å². The van der Waals surface area contributed by atoms with E-state index in [1.165, 1.54) is 7.05 Å². The molecular weight excluding hydrogens is 246 g/mol. The average Bonchev–Trinajstić information content (AvgIpc) is 2.68. The van der Waals surface area contributed by atoms with Crippen LogP contribution in [0.5, 0.6) is 0 Å². The molecule has 2 saturated heterocycles. The van der Waals surface area contributed by atoms with Crippen molar-refractivity contribution in [2.24, 2.45) is 0 Å². The molecule has 0 aromatic rings. The van der Waals surface area contributed by atoms with Gasteiger partial charge in [-0.15, -0.1) is 0 Å². The fourth-order valence-electron chi connectivity index (χ4n) is 2.56. The van der Waals surface area contributed by atoms with Gasteiger partial charge >= 0.3 is 6.03 Å². The average molecular weight is 267 g/mol. The molecule has 0 aliphatic carbocycles. The zero-order valence-electron chi connectivity index (χ0n) is 11.4. The predicted molar refractivity (Wildman–Crippen MR) is 69.4 cm³/mol. The first-order chi connectivity index (χ1) is 9.09. The summed E-state index contributed by atoms with van der Waals surface area (Å²) in [5, 5.41) is 2.76. The van der Waals surface area contributed by atoms with Crippen LogP contribution in [0.4, 0.5) is 4.79 Å². The fourth-order valence-corrected chi connectivity index (χ4v) is 2.56. The van der Waals surface area contributed by atoms with Gasteiger partial charge in [0.25, 0.3) is 5.91 Å². The molecule has 0 radical (unpaired) electrons. The van der Waals surface area contributed by atoms with Crippen molar-refractivity contribution in [3.63, 3.8) is 0 Å². The van der Waals surface area contributed by atoms with E-state index in [2.05, 4.69) is 5.32 Å². The Balaban J connectivity index is 1.91. The number of amides is 4. The SMILES string of the molecule is CN1C(=O)CCC(NC(=O)N2CCCCCC2)C1=O. The van der Waals surface area contributed by atoms with Crippen molar-refractivity contribution in [3.8, 4) is 0 Å². The van der Waals surface area contributed by atoms with Gasteiger partial charge in [-0.05, 0) is 19.3 Å². The Labute approximate surface area is 113 Å². The summed E-state index contributed by atoms with van der Waals surface area (Å²) < 4.78 is 0. The zero-order chi connectivity index (χ0) is 13.8. The second-order valence-corrected chi connectivity index (χ2v) is 5.23. The van der Waals surface area contributed by atoms with E-state index in [4.69, 9.17) is 0 Å². The maximum absolute atomic E-state index is 12.1. The molecule has 2 aliphatic heterocycles. The Morgan fingerprint density at radius 1 is 1.16 bits per heavy atom. The number of rotatable bonds is 1. The molecule has 0 bridgehead atoms. The van der Waals surface area contributed by atoms with Crippen LogP contribution < -0.4 is 5.32 Å². The van der Waals surface area contributed by atoms with Gasteiger partial charge in [0, 0.05) is 26.6 Å². The van der Waals surface area contributed by atoms with Crippen molar-refractivity contribution in [1.82, 2.24) is 15.1 Å². The van der Waals surface area contributed by atoms with E-state index in [0.29, 0.717) is 12.8 Å². The summed E-state index contributed by atoms with van der Waals surface area (Å²) in [4.78, 5) is 38.3. The highest BCUT2D eigenvalue weighted by Crippen LogP contribution is 2.13. The fraction of sp³-hybridized carbons (Fsp3) is 0.769. The summed E-state index contributed by atoms with van der Waals surface area (Å²) >= 11 is 0. The summed E-state index contributed by atoms with van der Waals surface area (Å²) in [6.07, 6.45) is 5.07. The highest BCUT2D eigenvalue weighted by Gasteiger charge is 2.33. The molecular formula is C13H21N3O3. The molecule has 1 atom stereocenters. The number of hydrogen-bond donors (Lipinski definition) is 1. The monoisotopic (exact) mass is 267 g/mol. The van der Waals surface area contributed by atoms with Crippen LogP contribution in [-0.2, 0) is 9.59 Å². The van der Waals surface area contributed by atoms with E-state index in [0.717, 1.165) is 43.7 Å². The Morgan fingerprint density at radius 2 is 1.79 bits per heavy atom. The van der Waals surface area contributed by atoms with Gasteiger partial charge in [0.2, 0.25) is 5.91 Å². The minimum Gasteiger partial charge on any atom is -0.326 e. The number of urea groups is 1. The molecule has 0 aromatic carbocycles. The Kier molecular flexibility index (Phi) is 4.39. The van der Waals surface area contributed by atoms with E-state index in [1.807, 2.05) is 0 Å². The van der Waals surface area contributed by atoms with Crippen molar-refractivity contribution in [2.45, 2.75) is 44.6 Å². The van der Waals surface area contributed by atoms with Crippen LogP contribution in [0.15, 0.2) is 0 Å². The molecule has 2 rings (SSSR count). The van der Waals surface area contributed by atoms with E-state index in [1.54, 1.807) is 4.90 Å². The second-order valence-electron chi connectivity index (χ2n) is 5.23. The lowest BCUT2D eigenvalue weighted by Gasteiger charge is -2.30. The summed E-state index contributed by atoms with van der Waals surface area (Å²) in [5.41, 5.74) is 0. The van der Waals surface area contributed by atoms with E-state index in [9.17, 15) is 14.4 Å². The van der Waals surface area contributed by atoms with Crippen LogP contribution in [0.3, 0.4) is 0 Å². The minimum absolute atomic E-state index is 0.176. The van der Waals surface area contributed by atoms with E-state index < -0.39 is 6.04 Å². The van der Waals surface area contributed by atoms with Gasteiger partial charge in [0.1, 0.15) is 6.04 Å². The number of nitrogens with zero attached hydrogens (tertiary/aromatic N) is 2. The third-order valence-electron chi connectivity index (χ3n) is 3.84. The van der Waals surface area contributed by atoms with Crippen LogP contribution in [0, 0.1) is 0 Å². The van der Waals surface area contributed by atoms with E-state index >= 15 is 0 Å². The Hall–Kier alpha value is -1.59. The zero-order valence-corrected chi connectivity index (χ0v) is 11.4. The first-order valence-electron chi connectivity index (χ1n) is 6.95. The Bertz CT molecular complexity index is 375. The highest BCUT2D eigenvalue weighted by molar-refractivity contribution is 6.01. The smallest absolute Gasteiger partial charge is 0.318 e. The number of hydrogen-bond acceptors (Lipinski definition) is 3. The first kappa shape index (κ1) is 13.8. The summed E-state index contributed by atoms with van der Waals surface area (Å²) in [6, 6.07) is -0.735. The standard InChI is InChI=1S/C13H21N3O3/c1-15-11(17)7-6-10(12(15)18)14-13(19)16-8-4-2-3-5-9-16/h10H,2-9H2,1H3,(H,14,19). The molecule has 6 heteroatoms. The lowest BCUT2D eigenvalue weighted by atomic mass is 10.1. The highest BCUT2D eigenvalue weighted by atomic mass is 16.2. The molecule has 1 N–H and O–H groups in total. The lowest BCUT2D eigenvalue weighted by Crippen LogP contribution is -2.55. The number of imide groups is 1. The molecule has 0 saturated carbocycles. The maximum atomic E-state index is 12.1. The molecule has 0 aromatic heterocycles. The van der Waals surface area contributed by atoms with Gasteiger partial charge in [-0.1, -0.05) is 12.8 Å². The molecule has 1 unspecified atom stereocenters. The summed E-state index contributed by atoms with van der Waals surface area (Å²) in [5.74, 6) is -0.482. The van der Waals surface area contributed by atoms with Crippen molar-refractivity contribution in [2.75, 3.05) is 20.1 Å². The first-order valence-corrected chi connectivity index (χ1v) is 6.95. The Morgan fingerprint density at radius 3 is 2.42 bits per heavy atom. The summed E-state index contributed by atoms with van der Waals surface area (Å²) in [7, 11) is 1.47. The van der Waals surface area contributed by atoms with Gasteiger partial charge in [-0.25, -0.2) is 4.79 Å². The largest absolute Gasteiger partial charge is 0.326 e. The third-order valence-corrected chi connectivity index (χ3v) is 3.84. The van der Waals surface area contributed by atoms with Gasteiger partial charge in [-0.3, -0.25) is 14.5 Å². The van der Waals surface area contributed by atoms with Crippen LogP contribution in [-0.4, -0.2) is 53.8 Å². The molecule has 0 spiro atoms. The number of likely N-dealkylation sites (tertiary alicyclic amines) is 2. The van der Waals surface area contributed by atoms with Gasteiger partial charge in [-0.2, -0.15) is 0 Å². The van der Waals surface area contributed by atoms with Gasteiger partial charge in [0.05, 0.1) is 0 Å². The van der Waals surface area contributed by atoms with Crippen LogP contribution in [0.25, 0.3) is 0 Å². The molecule has 2 aliphatic rings.